The largest absolute Gasteiger partial charge is 0.0651 e. The van der Waals surface area contributed by atoms with Gasteiger partial charge >= 0.3 is 0 Å². The van der Waals surface area contributed by atoms with Gasteiger partial charge in [-0.15, -0.1) is 0 Å². The first-order valence-electron chi connectivity index (χ1n) is 18.7. The van der Waals surface area contributed by atoms with E-state index in [0.29, 0.717) is 0 Å². The van der Waals surface area contributed by atoms with Crippen molar-refractivity contribution in [1.82, 2.24) is 0 Å². The van der Waals surface area contributed by atoms with Gasteiger partial charge < -0.3 is 0 Å². The lowest BCUT2D eigenvalue weighted by Crippen LogP contribution is -2.15. The van der Waals surface area contributed by atoms with Crippen LogP contribution < -0.4 is 0 Å². The molecule has 0 N–H and O–H groups in total. The van der Waals surface area contributed by atoms with E-state index in [2.05, 4.69) is 163 Å². The molecule has 2 aliphatic rings. The predicted molar refractivity (Wildman–Crippen MR) is 215 cm³/mol. The molecule has 0 unspecified atom stereocenters. The quantitative estimate of drug-likeness (QED) is 0.158. The Labute approximate surface area is 297 Å². The van der Waals surface area contributed by atoms with Crippen molar-refractivity contribution in [2.45, 2.75) is 78.1 Å². The third kappa shape index (κ3) is 4.43. The first-order chi connectivity index (χ1) is 24.2. The highest BCUT2D eigenvalue weighted by atomic mass is 14.4. The van der Waals surface area contributed by atoms with Crippen molar-refractivity contribution in [3.63, 3.8) is 0 Å². The van der Waals surface area contributed by atoms with Gasteiger partial charge in [0.15, 0.2) is 0 Å². The number of rotatable bonds is 6. The SMILES string of the molecule is CCCc1ccc2c(c1)C(C)(C)c1cc(-c3c4ccccc4c(-c4ccc5c(c4)C(C)(C)c4cc(CCC)ccc4-5)c4ccccc34)ccc1-2. The molecule has 2 aliphatic carbocycles. The van der Waals surface area contributed by atoms with Crippen LogP contribution in [-0.4, -0.2) is 0 Å². The summed E-state index contributed by atoms with van der Waals surface area (Å²) in [5.74, 6) is 0. The van der Waals surface area contributed by atoms with E-state index in [1.54, 1.807) is 0 Å². The van der Waals surface area contributed by atoms with Crippen molar-refractivity contribution in [2.24, 2.45) is 0 Å². The molecule has 0 amide bonds. The molecule has 246 valence electrons. The second kappa shape index (κ2) is 11.3. The Hall–Kier alpha value is -4.94. The summed E-state index contributed by atoms with van der Waals surface area (Å²) in [4.78, 5) is 0. The molecule has 0 saturated carbocycles. The van der Waals surface area contributed by atoms with E-state index < -0.39 is 0 Å². The van der Waals surface area contributed by atoms with Crippen molar-refractivity contribution < 1.29 is 0 Å². The summed E-state index contributed by atoms with van der Waals surface area (Å²) >= 11 is 0. The van der Waals surface area contributed by atoms with Crippen LogP contribution in [-0.2, 0) is 23.7 Å². The maximum absolute atomic E-state index is 2.50. The molecule has 50 heavy (non-hydrogen) atoms. The van der Waals surface area contributed by atoms with Crippen molar-refractivity contribution in [3.8, 4) is 44.5 Å². The standard InChI is InChI=1S/C50H46/c1-7-13-31-19-23-35-37-25-21-33(29-45(37)49(3,4)43(35)27-31)47-39-15-9-11-17-41(39)48(42-18-12-10-16-40(42)47)34-22-26-38-36-24-20-32(14-8-2)28-44(36)50(5,6)46(38)30-34/h9-12,15-30H,7-8,13-14H2,1-6H3. The van der Waals surface area contributed by atoms with Gasteiger partial charge in [-0.1, -0.05) is 164 Å². The van der Waals surface area contributed by atoms with Gasteiger partial charge in [-0.2, -0.15) is 0 Å². The van der Waals surface area contributed by atoms with Gasteiger partial charge in [0, 0.05) is 10.8 Å². The topological polar surface area (TPSA) is 0 Å². The van der Waals surface area contributed by atoms with Gasteiger partial charge in [0.1, 0.15) is 0 Å². The number of hydrogen-bond donors (Lipinski definition) is 0. The van der Waals surface area contributed by atoms with Crippen molar-refractivity contribution in [1.29, 1.82) is 0 Å². The van der Waals surface area contributed by atoms with Gasteiger partial charge in [-0.3, -0.25) is 0 Å². The van der Waals surface area contributed by atoms with E-state index in [1.165, 1.54) is 112 Å². The molecule has 0 bridgehead atoms. The smallest absolute Gasteiger partial charge is 0.0159 e. The molecule has 0 aromatic heterocycles. The van der Waals surface area contributed by atoms with E-state index in [-0.39, 0.29) is 10.8 Å². The summed E-state index contributed by atoms with van der Waals surface area (Å²) < 4.78 is 0. The molecule has 0 nitrogen and oxygen atoms in total. The Balaban J connectivity index is 1.24. The van der Waals surface area contributed by atoms with Crippen LogP contribution in [0.3, 0.4) is 0 Å². The van der Waals surface area contributed by atoms with Crippen LogP contribution >= 0.6 is 0 Å². The molecule has 0 atom stereocenters. The van der Waals surface area contributed by atoms with Gasteiger partial charge in [0.25, 0.3) is 0 Å². The van der Waals surface area contributed by atoms with Crippen LogP contribution in [0.15, 0.2) is 121 Å². The minimum absolute atomic E-state index is 0.0535. The molecule has 7 aromatic carbocycles. The fourth-order valence-corrected chi connectivity index (χ4v) is 9.52. The van der Waals surface area contributed by atoms with Crippen LogP contribution in [0.5, 0.6) is 0 Å². The summed E-state index contributed by atoms with van der Waals surface area (Å²) in [6.07, 6.45) is 4.60. The molecule has 0 spiro atoms. The van der Waals surface area contributed by atoms with Gasteiger partial charge in [-0.05, 0) is 124 Å². The molecule has 0 radical (unpaired) electrons. The molecule has 0 heterocycles. The normalized spacial score (nSPS) is 14.8. The third-order valence-corrected chi connectivity index (χ3v) is 12.1. The molecular formula is C50H46. The molecule has 0 saturated heterocycles. The van der Waals surface area contributed by atoms with Crippen molar-refractivity contribution in [3.05, 3.63) is 155 Å². The van der Waals surface area contributed by atoms with Crippen LogP contribution in [0, 0.1) is 0 Å². The lowest BCUT2D eigenvalue weighted by atomic mass is 9.79. The molecule has 0 fully saturated rings. The summed E-state index contributed by atoms with van der Waals surface area (Å²) in [5, 5.41) is 5.25. The fourth-order valence-electron chi connectivity index (χ4n) is 9.52. The highest BCUT2D eigenvalue weighted by molar-refractivity contribution is 6.21. The summed E-state index contributed by atoms with van der Waals surface area (Å²) in [6.45, 7) is 14.2. The Morgan fingerprint density at radius 3 is 1.04 bits per heavy atom. The third-order valence-electron chi connectivity index (χ3n) is 12.1. The van der Waals surface area contributed by atoms with E-state index in [9.17, 15) is 0 Å². The summed E-state index contributed by atoms with van der Waals surface area (Å²) in [6, 6.07) is 47.1. The zero-order valence-corrected chi connectivity index (χ0v) is 30.4. The fraction of sp³-hybridized carbons (Fsp3) is 0.240. The molecule has 7 aromatic rings. The number of fused-ring (bicyclic) bond motifs is 8. The summed E-state index contributed by atoms with van der Waals surface area (Å²) in [7, 11) is 0. The Kier molecular flexibility index (Phi) is 7.02. The van der Waals surface area contributed by atoms with E-state index in [1.807, 2.05) is 0 Å². The predicted octanol–water partition coefficient (Wildman–Crippen LogP) is 13.8. The van der Waals surface area contributed by atoms with E-state index >= 15 is 0 Å². The van der Waals surface area contributed by atoms with E-state index in [0.717, 1.165) is 12.8 Å². The van der Waals surface area contributed by atoms with Crippen LogP contribution in [0.25, 0.3) is 66.1 Å². The highest BCUT2D eigenvalue weighted by Crippen LogP contribution is 2.53. The zero-order valence-electron chi connectivity index (χ0n) is 30.4. The van der Waals surface area contributed by atoms with Crippen LogP contribution in [0.2, 0.25) is 0 Å². The van der Waals surface area contributed by atoms with Gasteiger partial charge in [0.05, 0.1) is 0 Å². The summed E-state index contributed by atoms with van der Waals surface area (Å²) in [5.41, 5.74) is 19.4. The average molecular weight is 647 g/mol. The molecule has 9 rings (SSSR count). The zero-order chi connectivity index (χ0) is 34.4. The highest BCUT2D eigenvalue weighted by Gasteiger charge is 2.37. The Bertz CT molecular complexity index is 2270. The first kappa shape index (κ1) is 31.1. The number of benzene rings is 7. The monoisotopic (exact) mass is 646 g/mol. The van der Waals surface area contributed by atoms with Crippen LogP contribution in [0.1, 0.15) is 87.8 Å². The van der Waals surface area contributed by atoms with E-state index in [4.69, 9.17) is 0 Å². The molecule has 0 aliphatic heterocycles. The van der Waals surface area contributed by atoms with Gasteiger partial charge in [-0.25, -0.2) is 0 Å². The minimum Gasteiger partial charge on any atom is -0.0651 e. The second-order valence-corrected chi connectivity index (χ2v) is 15.9. The lowest BCUT2D eigenvalue weighted by molar-refractivity contribution is 0.659. The average Bonchev–Trinajstić information content (AvgIpc) is 3.49. The first-order valence-corrected chi connectivity index (χ1v) is 18.7. The molecule has 0 heteroatoms. The lowest BCUT2D eigenvalue weighted by Gasteiger charge is -2.24. The minimum atomic E-state index is -0.0535. The van der Waals surface area contributed by atoms with Crippen molar-refractivity contribution >= 4 is 21.5 Å². The maximum Gasteiger partial charge on any atom is 0.0159 e. The van der Waals surface area contributed by atoms with Gasteiger partial charge in [0.2, 0.25) is 0 Å². The Morgan fingerprint density at radius 1 is 0.380 bits per heavy atom. The Morgan fingerprint density at radius 2 is 0.700 bits per heavy atom. The second-order valence-electron chi connectivity index (χ2n) is 15.9. The number of aryl methyl sites for hydroxylation is 2. The van der Waals surface area contributed by atoms with Crippen LogP contribution in [0.4, 0.5) is 0 Å². The van der Waals surface area contributed by atoms with Crippen molar-refractivity contribution in [2.75, 3.05) is 0 Å². The molecular weight excluding hydrogens is 601 g/mol. The maximum atomic E-state index is 2.50. The number of hydrogen-bond acceptors (Lipinski definition) is 0.